The average molecular weight is 198 g/mol. The van der Waals surface area contributed by atoms with Crippen molar-refractivity contribution in [2.24, 2.45) is 0 Å². The third-order valence-electron chi connectivity index (χ3n) is 2.13. The van der Waals surface area contributed by atoms with Gasteiger partial charge in [-0.2, -0.15) is 4.79 Å². The first-order chi connectivity index (χ1) is 7.11. The van der Waals surface area contributed by atoms with E-state index in [-0.39, 0.29) is 0 Å². The molecule has 1 fully saturated rings. The minimum absolute atomic E-state index is 0.372. The van der Waals surface area contributed by atoms with Gasteiger partial charge in [-0.15, -0.1) is 0 Å². The molecule has 0 radical (unpaired) electrons. The Kier molecular flexibility index (Phi) is 2.88. The Morgan fingerprint density at radius 2 is 2.50 bits per heavy atom. The molecule has 76 valence electrons. The zero-order valence-electron chi connectivity index (χ0n) is 8.77. The van der Waals surface area contributed by atoms with E-state index in [9.17, 15) is 9.59 Å². The van der Waals surface area contributed by atoms with Gasteiger partial charge in [0.05, 0.1) is 7.11 Å². The van der Waals surface area contributed by atoms with Crippen molar-refractivity contribution in [1.82, 2.24) is 4.90 Å². The second-order valence-electron chi connectivity index (χ2n) is 2.89. The number of nitrogens with zero attached hydrogens (tertiary/aromatic N) is 3. The molecule has 0 bridgehead atoms. The van der Waals surface area contributed by atoms with Crippen LogP contribution < -0.4 is 0 Å². The summed E-state index contributed by atoms with van der Waals surface area (Å²) in [6, 6.07) is -0.662. The van der Waals surface area contributed by atoms with E-state index >= 15 is 0 Å². The highest BCUT2D eigenvalue weighted by molar-refractivity contribution is 6.24. The standard InChI is InChI=1S/C8H11N3O3/c1-14-8(13)6-3-2-4-11(6)7(12)5-10-9/h5-6H,2-4H2,1H3/t6-/m0/s1/i5D. The molecule has 0 aromatic rings. The Bertz CT molecular complexity index is 338. The minimum Gasteiger partial charge on any atom is -0.467 e. The predicted octanol–water partition coefficient (Wildman–Crippen LogP) is -0.549. The first kappa shape index (κ1) is 8.90. The van der Waals surface area contributed by atoms with Gasteiger partial charge in [0, 0.05) is 6.54 Å². The molecule has 1 heterocycles. The van der Waals surface area contributed by atoms with Gasteiger partial charge in [0.2, 0.25) is 0 Å². The number of rotatable bonds is 2. The monoisotopic (exact) mass is 198 g/mol. The Morgan fingerprint density at radius 3 is 3.07 bits per heavy atom. The molecule has 14 heavy (non-hydrogen) atoms. The van der Waals surface area contributed by atoms with Crippen LogP contribution in [0.5, 0.6) is 0 Å². The second kappa shape index (κ2) is 4.53. The smallest absolute Gasteiger partial charge is 0.344 e. The maximum Gasteiger partial charge on any atom is 0.344 e. The molecular weight excluding hydrogens is 186 g/mol. The molecule has 0 aliphatic carbocycles. The van der Waals surface area contributed by atoms with E-state index in [4.69, 9.17) is 6.90 Å². The van der Waals surface area contributed by atoms with Crippen LogP contribution in [0.25, 0.3) is 5.53 Å². The fourth-order valence-corrected chi connectivity index (χ4v) is 1.50. The number of hydrogen-bond donors (Lipinski definition) is 0. The van der Waals surface area contributed by atoms with Crippen LogP contribution in [0.2, 0.25) is 0 Å². The predicted molar refractivity (Wildman–Crippen MR) is 46.4 cm³/mol. The van der Waals surface area contributed by atoms with E-state index in [1.54, 1.807) is 0 Å². The van der Waals surface area contributed by atoms with Crippen LogP contribution in [0, 0.1) is 0 Å². The lowest BCUT2D eigenvalue weighted by Gasteiger charge is -2.18. The van der Waals surface area contributed by atoms with Crippen molar-refractivity contribution in [3.8, 4) is 0 Å². The van der Waals surface area contributed by atoms with Crippen LogP contribution in [0.4, 0.5) is 0 Å². The van der Waals surface area contributed by atoms with Crippen LogP contribution in [0.15, 0.2) is 0 Å². The summed E-state index contributed by atoms with van der Waals surface area (Å²) in [4.78, 5) is 26.4. The van der Waals surface area contributed by atoms with Gasteiger partial charge in [0.15, 0.2) is 1.37 Å². The Morgan fingerprint density at radius 1 is 1.79 bits per heavy atom. The molecule has 0 unspecified atom stereocenters. The Balaban J connectivity index is 2.81. The van der Waals surface area contributed by atoms with Crippen molar-refractivity contribution >= 4 is 18.1 Å². The molecule has 1 aliphatic heterocycles. The summed E-state index contributed by atoms with van der Waals surface area (Å²) in [5, 5.41) is 0. The Labute approximate surface area is 82.5 Å². The molecule has 0 spiro atoms. The third kappa shape index (κ3) is 1.97. The Hall–Kier alpha value is -1.68. The van der Waals surface area contributed by atoms with Gasteiger partial charge in [-0.05, 0) is 12.8 Å². The number of methoxy groups -OCH3 is 1. The summed E-state index contributed by atoms with van der Waals surface area (Å²) in [6.07, 6.45) is 0.409. The van der Waals surface area contributed by atoms with E-state index in [1.807, 2.05) is 0 Å². The highest BCUT2D eigenvalue weighted by Gasteiger charge is 2.35. The maximum atomic E-state index is 11.4. The van der Waals surface area contributed by atoms with Crippen LogP contribution in [-0.2, 0) is 14.3 Å². The van der Waals surface area contributed by atoms with Crippen molar-refractivity contribution < 1.29 is 20.5 Å². The van der Waals surface area contributed by atoms with Crippen molar-refractivity contribution in [3.63, 3.8) is 0 Å². The summed E-state index contributed by atoms with van der Waals surface area (Å²) in [6.45, 7) is 0.372. The van der Waals surface area contributed by atoms with Gasteiger partial charge >= 0.3 is 18.1 Å². The van der Waals surface area contributed by atoms with Crippen molar-refractivity contribution in [2.45, 2.75) is 18.9 Å². The lowest BCUT2D eigenvalue weighted by Crippen LogP contribution is -2.41. The van der Waals surface area contributed by atoms with Gasteiger partial charge in [0.1, 0.15) is 6.04 Å². The average Bonchev–Trinajstić information content (AvgIpc) is 2.74. The summed E-state index contributed by atoms with van der Waals surface area (Å²) in [7, 11) is 1.24. The molecule has 1 aliphatic rings. The van der Waals surface area contributed by atoms with Gasteiger partial charge in [-0.1, -0.05) is 0 Å². The number of hydrogen-bond acceptors (Lipinski definition) is 3. The van der Waals surface area contributed by atoms with Crippen molar-refractivity contribution in [1.29, 1.82) is 0 Å². The fourth-order valence-electron chi connectivity index (χ4n) is 1.50. The lowest BCUT2D eigenvalue weighted by molar-refractivity contribution is -0.149. The van der Waals surface area contributed by atoms with Crippen molar-refractivity contribution in [3.05, 3.63) is 5.53 Å². The number of carbonyl (C=O) groups excluding carboxylic acids is 2. The summed E-state index contributed by atoms with van der Waals surface area (Å²) >= 11 is 0. The molecule has 0 N–H and O–H groups in total. The minimum atomic E-state index is -0.772. The second-order valence-corrected chi connectivity index (χ2v) is 2.89. The van der Waals surface area contributed by atoms with Crippen molar-refractivity contribution in [2.75, 3.05) is 13.7 Å². The zero-order chi connectivity index (χ0) is 11.4. The molecule has 0 aromatic heterocycles. The van der Waals surface area contributed by atoms with E-state index in [2.05, 4.69) is 9.53 Å². The maximum absolute atomic E-state index is 11.4. The normalized spacial score (nSPS) is 21.1. The number of amides is 1. The van der Waals surface area contributed by atoms with Crippen LogP contribution in [0.3, 0.4) is 0 Å². The zero-order valence-corrected chi connectivity index (χ0v) is 7.77. The molecule has 1 amide bonds. The summed E-state index contributed by atoms with van der Waals surface area (Å²) in [5.74, 6) is -1.27. The molecule has 1 saturated heterocycles. The number of ether oxygens (including phenoxy) is 1. The van der Waals surface area contributed by atoms with Gasteiger partial charge in [-0.3, -0.25) is 4.79 Å². The van der Waals surface area contributed by atoms with E-state index in [1.165, 1.54) is 12.0 Å². The SMILES string of the molecule is [2H]C(=[N+]=[N-])C(=O)N1CCC[C@H]1C(=O)OC. The first-order valence-electron chi connectivity index (χ1n) is 4.69. The quantitative estimate of drug-likeness (QED) is 0.258. The fraction of sp³-hybridized carbons (Fsp3) is 0.625. The highest BCUT2D eigenvalue weighted by atomic mass is 16.5. The number of carbonyl (C=O) groups is 2. The van der Waals surface area contributed by atoms with Gasteiger partial charge in [0.25, 0.3) is 0 Å². The number of likely N-dealkylation sites (tertiary alicyclic amines) is 1. The van der Waals surface area contributed by atoms with E-state index in [0.717, 1.165) is 0 Å². The lowest BCUT2D eigenvalue weighted by atomic mass is 10.2. The van der Waals surface area contributed by atoms with E-state index < -0.39 is 24.1 Å². The van der Waals surface area contributed by atoms with Crippen LogP contribution in [-0.4, -0.2) is 47.5 Å². The molecule has 0 saturated carbocycles. The first-order valence-corrected chi connectivity index (χ1v) is 4.19. The molecule has 0 aromatic carbocycles. The largest absolute Gasteiger partial charge is 0.467 e. The molecule has 6 nitrogen and oxygen atoms in total. The van der Waals surface area contributed by atoms with Gasteiger partial charge < -0.3 is 15.2 Å². The topological polar surface area (TPSA) is 83.0 Å². The molecule has 6 heteroatoms. The summed E-state index contributed by atoms with van der Waals surface area (Å²) < 4.78 is 11.6. The number of esters is 1. The van der Waals surface area contributed by atoms with Crippen LogP contribution in [0.1, 0.15) is 14.2 Å². The highest BCUT2D eigenvalue weighted by Crippen LogP contribution is 2.17. The van der Waals surface area contributed by atoms with Gasteiger partial charge in [-0.25, -0.2) is 4.79 Å². The summed E-state index contributed by atoms with van der Waals surface area (Å²) in [5.41, 5.74) is 8.28. The van der Waals surface area contributed by atoms with E-state index in [0.29, 0.717) is 19.4 Å². The molecular formula is C8H11N3O3. The van der Waals surface area contributed by atoms with Crippen LogP contribution >= 0.6 is 0 Å². The molecule has 1 rings (SSSR count). The third-order valence-corrected chi connectivity index (χ3v) is 2.13. The molecule has 1 atom stereocenters.